The smallest absolute Gasteiger partial charge is 0.136 e. The molecule has 0 bridgehead atoms. The Morgan fingerprint density at radius 3 is 1.85 bits per heavy atom. The quantitative estimate of drug-likeness (QED) is 0.212. The first-order valence-electron chi connectivity index (χ1n) is 13.8. The molecule has 0 radical (unpaired) electrons. The van der Waals surface area contributed by atoms with Crippen LogP contribution in [0.2, 0.25) is 0 Å². The summed E-state index contributed by atoms with van der Waals surface area (Å²) in [7, 11) is 0. The number of nitrogens with zero attached hydrogens (tertiary/aromatic N) is 2. The van der Waals surface area contributed by atoms with Gasteiger partial charge in [-0.05, 0) is 68.7 Å². The van der Waals surface area contributed by atoms with Crippen LogP contribution in [0.1, 0.15) is 0 Å². The Hall–Kier alpha value is -5.54. The van der Waals surface area contributed by atoms with Crippen LogP contribution < -0.4 is 0 Å². The normalized spacial score (nSPS) is 11.9. The minimum atomic E-state index is 0.890. The van der Waals surface area contributed by atoms with E-state index in [0.717, 1.165) is 55.5 Å². The average Bonchev–Trinajstić information content (AvgIpc) is 3.40. The molecule has 0 saturated heterocycles. The highest BCUT2D eigenvalue weighted by atomic mass is 16.3. The summed E-state index contributed by atoms with van der Waals surface area (Å²) in [5.74, 6) is 0. The fraction of sp³-hybridized carbons (Fsp3) is 0. The number of aromatic nitrogens is 2. The van der Waals surface area contributed by atoms with Crippen LogP contribution in [0, 0.1) is 0 Å². The van der Waals surface area contributed by atoms with Gasteiger partial charge in [-0.3, -0.25) is 0 Å². The monoisotopic (exact) mass is 522 g/mol. The van der Waals surface area contributed by atoms with Gasteiger partial charge in [0.05, 0.1) is 22.4 Å². The van der Waals surface area contributed by atoms with Gasteiger partial charge in [-0.1, -0.05) is 97.1 Å². The van der Waals surface area contributed by atoms with Crippen LogP contribution in [-0.2, 0) is 0 Å². The SMILES string of the molecule is c1ccc(-c2nc3ccccc3nc2-c2ccc3c(ccc4ccc5cc6oc7ccccc7c6cc5c43)c2)cc1. The van der Waals surface area contributed by atoms with Crippen molar-refractivity contribution in [2.45, 2.75) is 0 Å². The zero-order valence-corrected chi connectivity index (χ0v) is 22.0. The molecular weight excluding hydrogens is 500 g/mol. The molecule has 2 aromatic heterocycles. The third-order valence-electron chi connectivity index (χ3n) is 8.20. The number of hydrogen-bond donors (Lipinski definition) is 0. The summed E-state index contributed by atoms with van der Waals surface area (Å²) in [5, 5.41) is 9.57. The van der Waals surface area contributed by atoms with Crippen LogP contribution in [0.4, 0.5) is 0 Å². The lowest BCUT2D eigenvalue weighted by atomic mass is 9.93. The minimum absolute atomic E-state index is 0.890. The number of fused-ring (bicyclic) bond motifs is 9. The minimum Gasteiger partial charge on any atom is -0.456 e. The zero-order chi connectivity index (χ0) is 26.9. The zero-order valence-electron chi connectivity index (χ0n) is 22.0. The fourth-order valence-electron chi connectivity index (χ4n) is 6.25. The van der Waals surface area contributed by atoms with Gasteiger partial charge in [0, 0.05) is 21.9 Å². The van der Waals surface area contributed by atoms with E-state index in [4.69, 9.17) is 14.4 Å². The average molecular weight is 523 g/mol. The molecule has 9 rings (SSSR count). The maximum Gasteiger partial charge on any atom is 0.136 e. The van der Waals surface area contributed by atoms with Crippen molar-refractivity contribution in [2.24, 2.45) is 0 Å². The van der Waals surface area contributed by atoms with E-state index in [-0.39, 0.29) is 0 Å². The molecule has 190 valence electrons. The van der Waals surface area contributed by atoms with Crippen molar-refractivity contribution in [3.63, 3.8) is 0 Å². The first-order chi connectivity index (χ1) is 20.3. The van der Waals surface area contributed by atoms with Crippen molar-refractivity contribution in [2.75, 3.05) is 0 Å². The van der Waals surface area contributed by atoms with E-state index >= 15 is 0 Å². The highest BCUT2D eigenvalue weighted by Crippen LogP contribution is 2.39. The van der Waals surface area contributed by atoms with Crippen molar-refractivity contribution in [3.8, 4) is 22.5 Å². The van der Waals surface area contributed by atoms with E-state index in [1.807, 2.05) is 54.6 Å². The van der Waals surface area contributed by atoms with Gasteiger partial charge in [-0.25, -0.2) is 9.97 Å². The molecule has 0 amide bonds. The van der Waals surface area contributed by atoms with E-state index in [2.05, 4.69) is 78.9 Å². The lowest BCUT2D eigenvalue weighted by Crippen LogP contribution is -1.95. The van der Waals surface area contributed by atoms with Crippen molar-refractivity contribution in [1.82, 2.24) is 9.97 Å². The van der Waals surface area contributed by atoms with Gasteiger partial charge in [0.25, 0.3) is 0 Å². The van der Waals surface area contributed by atoms with Gasteiger partial charge >= 0.3 is 0 Å². The van der Waals surface area contributed by atoms with E-state index in [1.54, 1.807) is 0 Å². The predicted molar refractivity (Wildman–Crippen MR) is 170 cm³/mol. The Balaban J connectivity index is 1.32. The summed E-state index contributed by atoms with van der Waals surface area (Å²) >= 11 is 0. The predicted octanol–water partition coefficient (Wildman–Crippen LogP) is 10.3. The van der Waals surface area contributed by atoms with Gasteiger partial charge in [0.15, 0.2) is 0 Å². The van der Waals surface area contributed by atoms with Gasteiger partial charge in [0.1, 0.15) is 11.2 Å². The lowest BCUT2D eigenvalue weighted by molar-refractivity contribution is 0.669. The summed E-state index contributed by atoms with van der Waals surface area (Å²) < 4.78 is 6.19. The Bertz CT molecular complexity index is 2470. The molecule has 3 heteroatoms. The third kappa shape index (κ3) is 3.39. The Kier molecular flexibility index (Phi) is 4.61. The van der Waals surface area contributed by atoms with Crippen molar-refractivity contribution < 1.29 is 4.42 Å². The van der Waals surface area contributed by atoms with Gasteiger partial charge < -0.3 is 4.42 Å². The summed E-state index contributed by atoms with van der Waals surface area (Å²) in [6.07, 6.45) is 0. The molecular formula is C38H22N2O. The molecule has 9 aromatic rings. The summed E-state index contributed by atoms with van der Waals surface area (Å²) in [5.41, 5.74) is 7.52. The molecule has 2 heterocycles. The fourth-order valence-corrected chi connectivity index (χ4v) is 6.25. The highest BCUT2D eigenvalue weighted by Gasteiger charge is 2.15. The Labute approximate surface area is 235 Å². The van der Waals surface area contributed by atoms with E-state index in [9.17, 15) is 0 Å². The first-order valence-corrected chi connectivity index (χ1v) is 13.8. The lowest BCUT2D eigenvalue weighted by Gasteiger charge is -2.13. The topological polar surface area (TPSA) is 38.9 Å². The largest absolute Gasteiger partial charge is 0.456 e. The molecule has 0 saturated carbocycles. The molecule has 0 aliphatic rings. The van der Waals surface area contributed by atoms with Crippen LogP contribution in [0.15, 0.2) is 138 Å². The molecule has 3 nitrogen and oxygen atoms in total. The summed E-state index contributed by atoms with van der Waals surface area (Å²) in [6, 6.07) is 46.7. The van der Waals surface area contributed by atoms with Crippen molar-refractivity contribution in [1.29, 1.82) is 0 Å². The molecule has 0 unspecified atom stereocenters. The standard InChI is InChI=1S/C38H22N2O/c1-2-8-24(9-3-1)37-38(40-33-12-6-5-11-32(33)39-37)27-18-19-28-25(20-27)16-14-23-15-17-26-21-35-31(22-30(26)36(23)28)29-10-4-7-13-34(29)41-35/h1-22H. The van der Waals surface area contributed by atoms with E-state index in [0.29, 0.717) is 0 Å². The molecule has 0 fully saturated rings. The Morgan fingerprint density at radius 2 is 1.05 bits per heavy atom. The molecule has 0 aliphatic carbocycles. The second-order valence-corrected chi connectivity index (χ2v) is 10.6. The van der Waals surface area contributed by atoms with E-state index < -0.39 is 0 Å². The second kappa shape index (κ2) is 8.48. The van der Waals surface area contributed by atoms with Gasteiger partial charge in [0.2, 0.25) is 0 Å². The molecule has 0 spiro atoms. The number of benzene rings is 7. The van der Waals surface area contributed by atoms with E-state index in [1.165, 1.54) is 32.3 Å². The second-order valence-electron chi connectivity index (χ2n) is 10.6. The third-order valence-corrected chi connectivity index (χ3v) is 8.20. The summed E-state index contributed by atoms with van der Waals surface area (Å²) in [6.45, 7) is 0. The number of furan rings is 1. The molecule has 0 aliphatic heterocycles. The van der Waals surface area contributed by atoms with Crippen LogP contribution in [0.5, 0.6) is 0 Å². The Morgan fingerprint density at radius 1 is 0.390 bits per heavy atom. The highest BCUT2D eigenvalue weighted by molar-refractivity contribution is 6.23. The number of rotatable bonds is 2. The molecule has 41 heavy (non-hydrogen) atoms. The van der Waals surface area contributed by atoms with Crippen LogP contribution in [-0.4, -0.2) is 9.97 Å². The molecule has 7 aromatic carbocycles. The first kappa shape index (κ1) is 22.3. The number of hydrogen-bond acceptors (Lipinski definition) is 3. The van der Waals surface area contributed by atoms with Crippen LogP contribution in [0.25, 0.3) is 87.8 Å². The molecule has 0 atom stereocenters. The maximum absolute atomic E-state index is 6.19. The van der Waals surface area contributed by atoms with Crippen LogP contribution >= 0.6 is 0 Å². The summed E-state index contributed by atoms with van der Waals surface area (Å²) in [4.78, 5) is 10.2. The van der Waals surface area contributed by atoms with Crippen molar-refractivity contribution in [3.05, 3.63) is 133 Å². The maximum atomic E-state index is 6.19. The van der Waals surface area contributed by atoms with Crippen LogP contribution in [0.3, 0.4) is 0 Å². The molecule has 0 N–H and O–H groups in total. The van der Waals surface area contributed by atoms with Crippen molar-refractivity contribution >= 4 is 65.3 Å². The van der Waals surface area contributed by atoms with Gasteiger partial charge in [-0.2, -0.15) is 0 Å². The number of para-hydroxylation sites is 3. The van der Waals surface area contributed by atoms with Gasteiger partial charge in [-0.15, -0.1) is 0 Å².